The van der Waals surface area contributed by atoms with Crippen LogP contribution in [0, 0.1) is 12.7 Å². The zero-order valence-corrected chi connectivity index (χ0v) is 22.8. The predicted molar refractivity (Wildman–Crippen MR) is 143 cm³/mol. The fourth-order valence-corrected chi connectivity index (χ4v) is 5.23. The Bertz CT molecular complexity index is 1500. The second-order valence-corrected chi connectivity index (χ2v) is 10.7. The van der Waals surface area contributed by atoms with Crippen molar-refractivity contribution in [2.75, 3.05) is 44.7 Å². The second kappa shape index (κ2) is 12.6. The summed E-state index contributed by atoms with van der Waals surface area (Å²) in [6, 6.07) is 9.36. The molecule has 0 aliphatic carbocycles. The number of carbonyl (C=O) groups excluding carboxylic acids is 1. The van der Waals surface area contributed by atoms with Crippen molar-refractivity contribution >= 4 is 27.6 Å². The van der Waals surface area contributed by atoms with Gasteiger partial charge in [0.25, 0.3) is 0 Å². The largest absolute Gasteiger partial charge is 0.476 e. The topological polar surface area (TPSA) is 152 Å². The molecule has 2 aromatic carbocycles. The molecule has 0 saturated carbocycles. The first kappa shape index (κ1) is 29.1. The molecule has 0 bridgehead atoms. The summed E-state index contributed by atoms with van der Waals surface area (Å²) in [6.45, 7) is 6.18. The van der Waals surface area contributed by atoms with Crippen LogP contribution in [0.5, 0.6) is 11.6 Å². The van der Waals surface area contributed by atoms with Crippen molar-refractivity contribution in [3.63, 3.8) is 0 Å². The zero-order valence-electron chi connectivity index (χ0n) is 22.0. The smallest absolute Gasteiger partial charge is 0.356 e. The maximum Gasteiger partial charge on any atom is 0.356 e. The van der Waals surface area contributed by atoms with Crippen molar-refractivity contribution in [3.05, 3.63) is 59.5 Å². The highest BCUT2D eigenvalue weighted by atomic mass is 32.2. The highest BCUT2D eigenvalue weighted by molar-refractivity contribution is 7.89. The van der Waals surface area contributed by atoms with Gasteiger partial charge in [0.2, 0.25) is 21.8 Å². The van der Waals surface area contributed by atoms with Crippen LogP contribution in [0.25, 0.3) is 5.69 Å². The number of benzene rings is 2. The van der Waals surface area contributed by atoms with Gasteiger partial charge in [-0.05, 0) is 43.3 Å². The Balaban J connectivity index is 1.72. The van der Waals surface area contributed by atoms with E-state index in [-0.39, 0.29) is 58.0 Å². The molecule has 1 aliphatic rings. The predicted octanol–water partition coefficient (Wildman–Crippen LogP) is 2.77. The molecule has 4 rings (SSSR count). The number of morpholine rings is 1. The van der Waals surface area contributed by atoms with Crippen molar-refractivity contribution in [2.24, 2.45) is 0 Å². The normalized spacial score (nSPS) is 14.2. The Labute approximate surface area is 230 Å². The molecule has 14 heteroatoms. The number of hydrogen-bond acceptors (Lipinski definition) is 8. The Morgan fingerprint density at radius 1 is 1.18 bits per heavy atom. The molecule has 0 atom stereocenters. The van der Waals surface area contributed by atoms with Gasteiger partial charge in [-0.25, -0.2) is 22.3 Å². The van der Waals surface area contributed by atoms with Gasteiger partial charge < -0.3 is 19.9 Å². The van der Waals surface area contributed by atoms with Gasteiger partial charge >= 0.3 is 5.97 Å². The number of carbonyl (C=O) groups is 2. The number of hydrogen-bond donors (Lipinski definition) is 3. The summed E-state index contributed by atoms with van der Waals surface area (Å²) in [6.07, 6.45) is 0.183. The van der Waals surface area contributed by atoms with Gasteiger partial charge in [-0.3, -0.25) is 9.69 Å². The van der Waals surface area contributed by atoms with Gasteiger partial charge in [0.1, 0.15) is 16.5 Å². The summed E-state index contributed by atoms with van der Waals surface area (Å²) < 4.78 is 56.0. The molecular weight excluding hydrogens is 545 g/mol. The zero-order chi connectivity index (χ0) is 28.9. The van der Waals surface area contributed by atoms with Gasteiger partial charge in [-0.1, -0.05) is 13.0 Å². The summed E-state index contributed by atoms with van der Waals surface area (Å²) in [5.41, 5.74) is 0.155. The van der Waals surface area contributed by atoms with E-state index >= 15 is 0 Å². The van der Waals surface area contributed by atoms with Gasteiger partial charge in [0.15, 0.2) is 5.69 Å². The third-order valence-corrected chi connectivity index (χ3v) is 7.67. The average molecular weight is 576 g/mol. The average Bonchev–Trinajstić information content (AvgIpc) is 3.26. The Kier molecular flexibility index (Phi) is 9.14. The quantitative estimate of drug-likeness (QED) is 0.313. The summed E-state index contributed by atoms with van der Waals surface area (Å²) in [5.74, 6) is -2.50. The van der Waals surface area contributed by atoms with Crippen LogP contribution in [0.3, 0.4) is 0 Å². The molecular formula is C26H30FN5O7S. The van der Waals surface area contributed by atoms with Crippen molar-refractivity contribution in [1.29, 1.82) is 0 Å². The molecule has 3 aromatic rings. The lowest BCUT2D eigenvalue weighted by Gasteiger charge is -2.26. The van der Waals surface area contributed by atoms with E-state index in [4.69, 9.17) is 9.47 Å². The van der Waals surface area contributed by atoms with Crippen LogP contribution in [-0.2, 0) is 19.6 Å². The lowest BCUT2D eigenvalue weighted by Crippen LogP contribution is -2.41. The van der Waals surface area contributed by atoms with E-state index in [1.54, 1.807) is 6.92 Å². The van der Waals surface area contributed by atoms with E-state index < -0.39 is 21.8 Å². The number of halogens is 1. The van der Waals surface area contributed by atoms with Crippen molar-refractivity contribution < 1.29 is 37.0 Å². The number of anilines is 1. The number of aromatic nitrogens is 2. The molecule has 1 aliphatic heterocycles. The van der Waals surface area contributed by atoms with Crippen molar-refractivity contribution in [2.45, 2.75) is 25.2 Å². The highest BCUT2D eigenvalue weighted by Crippen LogP contribution is 2.35. The van der Waals surface area contributed by atoms with Gasteiger partial charge in [-0.15, -0.1) is 0 Å². The minimum absolute atomic E-state index is 0.101. The lowest BCUT2D eigenvalue weighted by atomic mass is 10.2. The molecule has 2 heterocycles. The van der Waals surface area contributed by atoms with Crippen molar-refractivity contribution in [3.8, 4) is 17.3 Å². The molecule has 1 fully saturated rings. The summed E-state index contributed by atoms with van der Waals surface area (Å²) in [5, 5.41) is 16.3. The van der Waals surface area contributed by atoms with Crippen molar-refractivity contribution in [1.82, 2.24) is 19.4 Å². The fourth-order valence-electron chi connectivity index (χ4n) is 4.06. The molecule has 12 nitrogen and oxygen atoms in total. The van der Waals surface area contributed by atoms with Gasteiger partial charge in [-0.2, -0.15) is 9.78 Å². The monoisotopic (exact) mass is 575 g/mol. The van der Waals surface area contributed by atoms with E-state index in [1.165, 1.54) is 43.3 Å². The summed E-state index contributed by atoms with van der Waals surface area (Å²) in [4.78, 5) is 25.6. The maximum atomic E-state index is 14.0. The first-order valence-electron chi connectivity index (χ1n) is 12.6. The van der Waals surface area contributed by atoms with E-state index in [0.717, 1.165) is 10.7 Å². The second-order valence-electron chi connectivity index (χ2n) is 8.99. The number of aromatic carboxylic acids is 1. The van der Waals surface area contributed by atoms with E-state index in [0.29, 0.717) is 32.8 Å². The van der Waals surface area contributed by atoms with Crippen LogP contribution in [0.15, 0.2) is 47.4 Å². The number of rotatable bonds is 11. The molecule has 0 radical (unpaired) electrons. The minimum atomic E-state index is -4.17. The first-order chi connectivity index (χ1) is 19.1. The molecule has 0 spiro atoms. The molecule has 1 amide bonds. The highest BCUT2D eigenvalue weighted by Gasteiger charge is 2.27. The Morgan fingerprint density at radius 2 is 1.93 bits per heavy atom. The molecule has 0 unspecified atom stereocenters. The molecule has 1 aromatic heterocycles. The van der Waals surface area contributed by atoms with Gasteiger partial charge in [0.05, 0.1) is 18.9 Å². The summed E-state index contributed by atoms with van der Waals surface area (Å²) >= 11 is 0. The Hall–Kier alpha value is -3.85. The third kappa shape index (κ3) is 6.83. The first-order valence-corrected chi connectivity index (χ1v) is 14.1. The number of ether oxygens (including phenoxy) is 2. The third-order valence-electron chi connectivity index (χ3n) is 6.19. The van der Waals surface area contributed by atoms with Crippen LogP contribution in [0.4, 0.5) is 10.1 Å². The summed E-state index contributed by atoms with van der Waals surface area (Å²) in [7, 11) is -4.17. The van der Waals surface area contributed by atoms with Crippen LogP contribution < -0.4 is 14.8 Å². The van der Waals surface area contributed by atoms with Crippen LogP contribution in [-0.4, -0.2) is 79.5 Å². The van der Waals surface area contributed by atoms with E-state index in [1.807, 2.05) is 0 Å². The number of nitrogens with one attached hydrogen (secondary N) is 2. The van der Waals surface area contributed by atoms with Gasteiger partial charge in [0, 0.05) is 43.9 Å². The minimum Gasteiger partial charge on any atom is -0.476 e. The number of sulfonamides is 1. The number of carboxylic acids is 1. The van der Waals surface area contributed by atoms with Crippen LogP contribution >= 0.6 is 0 Å². The number of amides is 1. The maximum absolute atomic E-state index is 14.0. The molecule has 214 valence electrons. The van der Waals surface area contributed by atoms with E-state index in [9.17, 15) is 27.5 Å². The van der Waals surface area contributed by atoms with E-state index in [2.05, 4.69) is 20.0 Å². The standard InChI is InChI=1S/C26H30FN5O7S/c1-3-23(33)29-19-7-8-21(22(16-19)40(36,37)28-9-10-31-11-13-38-14-12-31)39-25-17(2)24(26(34)35)30-32(25)20-6-4-5-18(27)15-20/h4-8,15-16,28H,3,9-14H2,1-2H3,(H,29,33)(H,34,35). The number of carboxylic acid groups (broad SMARTS) is 1. The molecule has 3 N–H and O–H groups in total. The SMILES string of the molecule is CCC(=O)Nc1ccc(Oc2c(C)c(C(=O)O)nn2-c2cccc(F)c2)c(S(=O)(=O)NCCN2CCOCC2)c1. The molecule has 40 heavy (non-hydrogen) atoms. The fraction of sp³-hybridized carbons (Fsp3) is 0.346. The van der Waals surface area contributed by atoms with Crippen LogP contribution in [0.2, 0.25) is 0 Å². The molecule has 1 saturated heterocycles. The van der Waals surface area contributed by atoms with Crippen LogP contribution in [0.1, 0.15) is 29.4 Å². The Morgan fingerprint density at radius 3 is 2.60 bits per heavy atom. The lowest BCUT2D eigenvalue weighted by molar-refractivity contribution is -0.115. The number of nitrogens with zero attached hydrogens (tertiary/aromatic N) is 3.